The third-order valence-electron chi connectivity index (χ3n) is 8.33. The van der Waals surface area contributed by atoms with Gasteiger partial charge in [0.25, 0.3) is 0 Å². The molecule has 4 rings (SSSR count). The molecule has 1 fully saturated rings. The molecular weight excluding hydrogens is 625 g/mol. The van der Waals surface area contributed by atoms with Gasteiger partial charge in [-0.2, -0.15) is 13.2 Å². The number of piperidine rings is 1. The van der Waals surface area contributed by atoms with E-state index in [9.17, 15) is 27.6 Å². The molecule has 260 valence electrons. The zero-order valence-corrected chi connectivity index (χ0v) is 27.2. The van der Waals surface area contributed by atoms with E-state index < -0.39 is 23.6 Å². The largest absolute Gasteiger partial charge is 0.490 e. The smallest absolute Gasteiger partial charge is 0.475 e. The number of amides is 3. The van der Waals surface area contributed by atoms with Crippen molar-refractivity contribution in [3.05, 3.63) is 83.9 Å². The Bertz CT molecular complexity index is 1520. The fourth-order valence-electron chi connectivity index (χ4n) is 5.96. The van der Waals surface area contributed by atoms with Crippen LogP contribution in [0.25, 0.3) is 10.8 Å². The summed E-state index contributed by atoms with van der Waals surface area (Å²) in [4.78, 5) is 51.4. The molecule has 1 aliphatic heterocycles. The summed E-state index contributed by atoms with van der Waals surface area (Å²) < 4.78 is 31.7. The Morgan fingerprint density at radius 3 is 2.25 bits per heavy atom. The van der Waals surface area contributed by atoms with Crippen LogP contribution in [0.2, 0.25) is 0 Å². The van der Waals surface area contributed by atoms with Crippen LogP contribution >= 0.6 is 0 Å². The molecule has 9 nitrogen and oxygen atoms in total. The molecule has 1 aliphatic rings. The molecule has 0 aromatic heterocycles. The van der Waals surface area contributed by atoms with Crippen molar-refractivity contribution in [1.29, 1.82) is 0 Å². The summed E-state index contributed by atoms with van der Waals surface area (Å²) in [5.41, 5.74) is 6.95. The molecule has 3 aromatic rings. The Morgan fingerprint density at radius 1 is 0.938 bits per heavy atom. The molecule has 1 heterocycles. The van der Waals surface area contributed by atoms with Gasteiger partial charge in [0, 0.05) is 32.5 Å². The first kappa shape index (κ1) is 38.0. The number of hydrogen-bond donors (Lipinski definition) is 4. The maximum absolute atomic E-state index is 14.2. The number of halogens is 3. The zero-order chi connectivity index (χ0) is 35.2. The molecule has 0 aliphatic carbocycles. The molecule has 48 heavy (non-hydrogen) atoms. The number of fused-ring (bicyclic) bond motifs is 1. The van der Waals surface area contributed by atoms with Crippen LogP contribution in [0.5, 0.6) is 0 Å². The Balaban J connectivity index is 0.000000804. The number of carboxylic acids is 1. The monoisotopic (exact) mass is 670 g/mol. The lowest BCUT2D eigenvalue weighted by atomic mass is 9.74. The highest BCUT2D eigenvalue weighted by Gasteiger charge is 2.44. The van der Waals surface area contributed by atoms with Gasteiger partial charge in [0.1, 0.15) is 6.04 Å². The summed E-state index contributed by atoms with van der Waals surface area (Å²) in [7, 11) is 0. The predicted molar refractivity (Wildman–Crippen MR) is 178 cm³/mol. The SMILES string of the molecule is CCNC(=O)[C@]1(Cc2ccccc2)CCCN(C(=O)C(Cc2ccc3ccccc3c2)NC(=O)CCCCCN)C1.O=C(O)C(F)(F)F. The van der Waals surface area contributed by atoms with Gasteiger partial charge in [-0.05, 0) is 67.5 Å². The first-order valence-electron chi connectivity index (χ1n) is 16.3. The van der Waals surface area contributed by atoms with Crippen molar-refractivity contribution in [3.63, 3.8) is 0 Å². The first-order valence-corrected chi connectivity index (χ1v) is 16.3. The molecule has 12 heteroatoms. The highest BCUT2D eigenvalue weighted by atomic mass is 19.4. The number of carboxylic acid groups (broad SMARTS) is 1. The minimum atomic E-state index is -5.08. The van der Waals surface area contributed by atoms with Gasteiger partial charge in [0.05, 0.1) is 5.41 Å². The molecular formula is C36H45F3N4O5. The van der Waals surface area contributed by atoms with Gasteiger partial charge in [-0.3, -0.25) is 14.4 Å². The van der Waals surface area contributed by atoms with E-state index in [1.54, 1.807) is 0 Å². The Hall–Kier alpha value is -4.45. The molecule has 0 radical (unpaired) electrons. The molecule has 0 spiro atoms. The molecule has 3 amide bonds. The minimum Gasteiger partial charge on any atom is -0.475 e. The van der Waals surface area contributed by atoms with Crippen LogP contribution in [-0.2, 0) is 32.0 Å². The van der Waals surface area contributed by atoms with Gasteiger partial charge in [0.2, 0.25) is 17.7 Å². The average Bonchev–Trinajstić information content (AvgIpc) is 3.06. The fourth-order valence-corrected chi connectivity index (χ4v) is 5.96. The lowest BCUT2D eigenvalue weighted by Gasteiger charge is -2.43. The lowest BCUT2D eigenvalue weighted by molar-refractivity contribution is -0.192. The van der Waals surface area contributed by atoms with Crippen LogP contribution in [0.1, 0.15) is 56.6 Å². The third-order valence-corrected chi connectivity index (χ3v) is 8.33. The Labute approximate surface area is 279 Å². The van der Waals surface area contributed by atoms with E-state index in [1.165, 1.54) is 0 Å². The van der Waals surface area contributed by atoms with Crippen LogP contribution < -0.4 is 16.4 Å². The number of alkyl halides is 3. The molecule has 3 aromatic carbocycles. The summed E-state index contributed by atoms with van der Waals surface area (Å²) in [5.74, 6) is -3.03. The second-order valence-electron chi connectivity index (χ2n) is 12.1. The van der Waals surface area contributed by atoms with Crippen molar-refractivity contribution >= 4 is 34.5 Å². The average molecular weight is 671 g/mol. The number of aliphatic carboxylic acids is 1. The van der Waals surface area contributed by atoms with Crippen LogP contribution in [0.4, 0.5) is 13.2 Å². The van der Waals surface area contributed by atoms with Crippen LogP contribution in [0.15, 0.2) is 72.8 Å². The van der Waals surface area contributed by atoms with E-state index >= 15 is 0 Å². The number of nitrogens with zero attached hydrogens (tertiary/aromatic N) is 1. The summed E-state index contributed by atoms with van der Waals surface area (Å²) in [6.45, 7) is 3.95. The molecule has 2 atom stereocenters. The van der Waals surface area contributed by atoms with E-state index in [2.05, 4.69) is 34.9 Å². The number of unbranched alkanes of at least 4 members (excludes halogenated alkanes) is 2. The number of benzene rings is 3. The third kappa shape index (κ3) is 11.4. The van der Waals surface area contributed by atoms with Gasteiger partial charge in [-0.25, -0.2) is 4.79 Å². The van der Waals surface area contributed by atoms with Gasteiger partial charge in [-0.1, -0.05) is 79.2 Å². The summed E-state index contributed by atoms with van der Waals surface area (Å²) >= 11 is 0. The van der Waals surface area contributed by atoms with E-state index in [1.807, 2.05) is 60.4 Å². The summed E-state index contributed by atoms with van der Waals surface area (Å²) in [6, 6.07) is 23.6. The van der Waals surface area contributed by atoms with Crippen molar-refractivity contribution in [2.24, 2.45) is 11.1 Å². The Kier molecular flexibility index (Phi) is 14.4. The molecule has 0 saturated carbocycles. The van der Waals surface area contributed by atoms with E-state index in [4.69, 9.17) is 15.6 Å². The van der Waals surface area contributed by atoms with Gasteiger partial charge in [0.15, 0.2) is 0 Å². The Morgan fingerprint density at radius 2 is 1.60 bits per heavy atom. The quantitative estimate of drug-likeness (QED) is 0.189. The number of carbonyl (C=O) groups is 4. The highest BCUT2D eigenvalue weighted by molar-refractivity contribution is 5.90. The first-order chi connectivity index (χ1) is 22.9. The van der Waals surface area contributed by atoms with Crippen molar-refractivity contribution in [2.45, 2.75) is 70.5 Å². The normalized spacial score (nSPS) is 16.7. The second-order valence-corrected chi connectivity index (χ2v) is 12.1. The minimum absolute atomic E-state index is 0.0172. The van der Waals surface area contributed by atoms with Crippen molar-refractivity contribution in [2.75, 3.05) is 26.2 Å². The number of likely N-dealkylation sites (tertiary alicyclic amines) is 1. The van der Waals surface area contributed by atoms with Crippen LogP contribution in [0.3, 0.4) is 0 Å². The molecule has 0 bridgehead atoms. The number of nitrogens with two attached hydrogens (primary N) is 1. The van der Waals surface area contributed by atoms with Gasteiger partial charge < -0.3 is 26.4 Å². The predicted octanol–water partition coefficient (Wildman–Crippen LogP) is 5.01. The van der Waals surface area contributed by atoms with E-state index in [-0.39, 0.29) is 17.7 Å². The topological polar surface area (TPSA) is 142 Å². The molecule has 1 saturated heterocycles. The molecule has 1 unspecified atom stereocenters. The molecule has 5 N–H and O–H groups in total. The highest BCUT2D eigenvalue weighted by Crippen LogP contribution is 2.35. The number of rotatable bonds is 13. The van der Waals surface area contributed by atoms with Crippen LogP contribution in [0, 0.1) is 5.41 Å². The van der Waals surface area contributed by atoms with Crippen molar-refractivity contribution in [3.8, 4) is 0 Å². The summed E-state index contributed by atoms with van der Waals surface area (Å²) in [6.07, 6.45) is 0.163. The van der Waals surface area contributed by atoms with Gasteiger partial charge in [-0.15, -0.1) is 0 Å². The van der Waals surface area contributed by atoms with Crippen LogP contribution in [-0.4, -0.2) is 72.1 Å². The fraction of sp³-hybridized carbons (Fsp3) is 0.444. The number of carbonyl (C=O) groups excluding carboxylic acids is 3. The van der Waals surface area contributed by atoms with Crippen molar-refractivity contribution < 1.29 is 37.5 Å². The maximum Gasteiger partial charge on any atom is 0.490 e. The number of nitrogens with one attached hydrogen (secondary N) is 2. The standard InChI is InChI=1S/C34H44N4O3.C2HF3O2/c1-2-36-33(41)34(24-26-12-5-3-6-13-26)19-11-21-38(25-34)32(40)30(37-31(39)16-7-4-10-20-35)23-27-17-18-28-14-8-9-15-29(28)22-27;3-2(4,5)1(6)7/h3,5-6,8-9,12-15,17-18,22,30H,2,4,7,10-11,16,19-21,23-25,35H2,1H3,(H,36,41)(H,37,39);(H,6,7)/t30?,34-;/m0./s1. The van der Waals surface area contributed by atoms with E-state index in [0.29, 0.717) is 51.9 Å². The summed E-state index contributed by atoms with van der Waals surface area (Å²) in [5, 5.41) is 15.4. The zero-order valence-electron chi connectivity index (χ0n) is 27.2. The van der Waals surface area contributed by atoms with Crippen molar-refractivity contribution in [1.82, 2.24) is 15.5 Å². The number of hydrogen-bond acceptors (Lipinski definition) is 5. The van der Waals surface area contributed by atoms with E-state index in [0.717, 1.165) is 47.6 Å². The van der Waals surface area contributed by atoms with Gasteiger partial charge >= 0.3 is 12.1 Å². The second kappa shape index (κ2) is 18.2. The maximum atomic E-state index is 14.2. The lowest BCUT2D eigenvalue weighted by Crippen LogP contribution is -2.58.